The van der Waals surface area contributed by atoms with Crippen molar-refractivity contribution in [1.82, 2.24) is 15.2 Å². The molecule has 2 aromatic rings. The summed E-state index contributed by atoms with van der Waals surface area (Å²) in [6.45, 7) is 0.728. The highest BCUT2D eigenvalue weighted by molar-refractivity contribution is 7.22. The van der Waals surface area contributed by atoms with Gasteiger partial charge in [-0.1, -0.05) is 11.3 Å². The highest BCUT2D eigenvalue weighted by Crippen LogP contribution is 2.42. The van der Waals surface area contributed by atoms with Gasteiger partial charge in [0.25, 0.3) is 0 Å². The standard InChI is InChI=1S/C19H22N4O2S/c1-22(10-2-3-10)12-4-5-13-17(12)20-18(24)23(13)19-21-16-11-8-9-25-14(11)6-7-15(16)26-19/h6-7,10,12-13,17H,2-5,8-9H2,1H3,(H,20,24)/t12-,13-,17+/m1/s1. The molecule has 1 aromatic carbocycles. The second-order valence-corrected chi connectivity index (χ2v) is 8.95. The normalized spacial score (nSPS) is 30.0. The first kappa shape index (κ1) is 15.2. The van der Waals surface area contributed by atoms with Gasteiger partial charge in [0.2, 0.25) is 0 Å². The molecule has 2 amide bonds. The van der Waals surface area contributed by atoms with Gasteiger partial charge in [0, 0.05) is 24.1 Å². The third-order valence-corrected chi connectivity index (χ3v) is 7.52. The summed E-state index contributed by atoms with van der Waals surface area (Å²) in [6, 6.07) is 5.73. The first-order valence-corrected chi connectivity index (χ1v) is 10.4. The molecule has 1 saturated heterocycles. The maximum atomic E-state index is 12.8. The molecule has 1 aromatic heterocycles. The van der Waals surface area contributed by atoms with Crippen molar-refractivity contribution in [2.45, 2.75) is 56.3 Å². The van der Waals surface area contributed by atoms with Crippen LogP contribution in [0.1, 0.15) is 31.2 Å². The van der Waals surface area contributed by atoms with Crippen LogP contribution in [0.5, 0.6) is 5.75 Å². The van der Waals surface area contributed by atoms with Gasteiger partial charge < -0.3 is 10.1 Å². The van der Waals surface area contributed by atoms with E-state index in [1.807, 2.05) is 11.0 Å². The summed E-state index contributed by atoms with van der Waals surface area (Å²) in [6.07, 6.45) is 5.69. The number of carbonyl (C=O) groups is 1. The quantitative estimate of drug-likeness (QED) is 0.903. The summed E-state index contributed by atoms with van der Waals surface area (Å²) in [7, 11) is 2.22. The number of hydrogen-bond donors (Lipinski definition) is 1. The van der Waals surface area contributed by atoms with Crippen LogP contribution in [0, 0.1) is 0 Å². The first-order chi connectivity index (χ1) is 12.7. The van der Waals surface area contributed by atoms with Crippen LogP contribution in [0.25, 0.3) is 10.2 Å². The molecule has 6 nitrogen and oxygen atoms in total. The largest absolute Gasteiger partial charge is 0.493 e. The van der Waals surface area contributed by atoms with Crippen LogP contribution in [0.2, 0.25) is 0 Å². The molecular weight excluding hydrogens is 348 g/mol. The van der Waals surface area contributed by atoms with Gasteiger partial charge in [-0.2, -0.15) is 0 Å². The average Bonchev–Trinajstić information content (AvgIpc) is 2.97. The number of likely N-dealkylation sites (N-methyl/N-ethyl adjacent to an activating group) is 1. The lowest BCUT2D eigenvalue weighted by Gasteiger charge is -2.28. The molecule has 0 unspecified atom stereocenters. The van der Waals surface area contributed by atoms with Gasteiger partial charge in [0.15, 0.2) is 5.13 Å². The zero-order valence-corrected chi connectivity index (χ0v) is 15.6. The minimum atomic E-state index is 0.0147. The predicted octanol–water partition coefficient (Wildman–Crippen LogP) is 2.75. The number of hydrogen-bond acceptors (Lipinski definition) is 5. The number of anilines is 1. The van der Waals surface area contributed by atoms with Crippen LogP contribution < -0.4 is 15.0 Å². The Morgan fingerprint density at radius 2 is 2.19 bits per heavy atom. The maximum absolute atomic E-state index is 12.8. The minimum absolute atomic E-state index is 0.0147. The summed E-state index contributed by atoms with van der Waals surface area (Å²) in [5, 5.41) is 4.10. The monoisotopic (exact) mass is 370 g/mol. The lowest BCUT2D eigenvalue weighted by molar-refractivity contribution is 0.206. The molecule has 0 radical (unpaired) electrons. The van der Waals surface area contributed by atoms with Crippen molar-refractivity contribution in [1.29, 1.82) is 0 Å². The lowest BCUT2D eigenvalue weighted by Crippen LogP contribution is -2.47. The second-order valence-electron chi connectivity index (χ2n) is 7.94. The lowest BCUT2D eigenvalue weighted by atomic mass is 10.1. The number of thiazole rings is 1. The number of fused-ring (bicyclic) bond motifs is 4. The van der Waals surface area contributed by atoms with E-state index < -0.39 is 0 Å². The molecule has 26 heavy (non-hydrogen) atoms. The van der Waals surface area contributed by atoms with Crippen LogP contribution in [0.3, 0.4) is 0 Å². The van der Waals surface area contributed by atoms with Gasteiger partial charge in [0.05, 0.1) is 28.9 Å². The molecule has 0 spiro atoms. The third kappa shape index (κ3) is 2.07. The molecule has 7 heteroatoms. The van der Waals surface area contributed by atoms with E-state index in [1.165, 1.54) is 18.4 Å². The SMILES string of the molecule is CN(C1CC1)[C@@H]1CC[C@@H]2[C@H]1NC(=O)N2c1nc2c3c(ccc2s1)OCC3. The van der Waals surface area contributed by atoms with Crippen LogP contribution >= 0.6 is 11.3 Å². The summed E-state index contributed by atoms with van der Waals surface area (Å²) in [5.41, 5.74) is 2.21. The number of nitrogens with zero attached hydrogens (tertiary/aromatic N) is 3. The zero-order valence-electron chi connectivity index (χ0n) is 14.8. The second kappa shape index (κ2) is 5.33. The topological polar surface area (TPSA) is 57.7 Å². The molecule has 2 aliphatic heterocycles. The molecule has 3 atom stereocenters. The fourth-order valence-electron chi connectivity index (χ4n) is 5.00. The number of ether oxygens (including phenoxy) is 1. The van der Waals surface area contributed by atoms with Gasteiger partial charge in [-0.3, -0.25) is 9.80 Å². The Kier molecular flexibility index (Phi) is 3.12. The minimum Gasteiger partial charge on any atom is -0.493 e. The molecule has 1 N–H and O–H groups in total. The highest BCUT2D eigenvalue weighted by Gasteiger charge is 2.51. The molecule has 6 rings (SSSR count). The number of amides is 2. The predicted molar refractivity (Wildman–Crippen MR) is 101 cm³/mol. The number of carbonyl (C=O) groups excluding carboxylic acids is 1. The van der Waals surface area contributed by atoms with E-state index in [0.717, 1.165) is 53.0 Å². The molecule has 3 fully saturated rings. The fourth-order valence-corrected chi connectivity index (χ4v) is 6.05. The van der Waals surface area contributed by atoms with Crippen molar-refractivity contribution in [3.8, 4) is 5.75 Å². The van der Waals surface area contributed by atoms with Crippen LogP contribution in [-0.4, -0.2) is 53.7 Å². The van der Waals surface area contributed by atoms with E-state index in [-0.39, 0.29) is 18.1 Å². The zero-order chi connectivity index (χ0) is 17.4. The van der Waals surface area contributed by atoms with Gasteiger partial charge in [-0.15, -0.1) is 0 Å². The van der Waals surface area contributed by atoms with Crippen molar-refractivity contribution in [2.75, 3.05) is 18.6 Å². The number of aromatic nitrogens is 1. The Labute approximate surface area is 156 Å². The third-order valence-electron chi connectivity index (χ3n) is 6.50. The van der Waals surface area contributed by atoms with Crippen molar-refractivity contribution in [3.63, 3.8) is 0 Å². The molecule has 136 valence electrons. The average molecular weight is 370 g/mol. The molecule has 2 aliphatic carbocycles. The number of benzene rings is 1. The van der Waals surface area contributed by atoms with Crippen LogP contribution in [0.15, 0.2) is 12.1 Å². The molecule has 3 heterocycles. The maximum Gasteiger partial charge on any atom is 0.324 e. The summed E-state index contributed by atoms with van der Waals surface area (Å²) in [4.78, 5) is 22.1. The van der Waals surface area contributed by atoms with Crippen molar-refractivity contribution in [2.24, 2.45) is 0 Å². The van der Waals surface area contributed by atoms with Crippen molar-refractivity contribution in [3.05, 3.63) is 17.7 Å². The highest BCUT2D eigenvalue weighted by atomic mass is 32.1. The Balaban J connectivity index is 1.35. The molecular formula is C19H22N4O2S. The van der Waals surface area contributed by atoms with E-state index in [9.17, 15) is 4.79 Å². The number of urea groups is 1. The Morgan fingerprint density at radius 3 is 3.04 bits per heavy atom. The van der Waals surface area contributed by atoms with Gasteiger partial charge in [0.1, 0.15) is 5.75 Å². The number of rotatable bonds is 3. The van der Waals surface area contributed by atoms with E-state index >= 15 is 0 Å². The molecule has 0 bridgehead atoms. The molecule has 4 aliphatic rings. The Hall–Kier alpha value is -1.86. The van der Waals surface area contributed by atoms with E-state index in [2.05, 4.69) is 23.3 Å². The van der Waals surface area contributed by atoms with E-state index in [1.54, 1.807) is 11.3 Å². The van der Waals surface area contributed by atoms with Crippen LogP contribution in [-0.2, 0) is 6.42 Å². The first-order valence-electron chi connectivity index (χ1n) is 9.57. The summed E-state index contributed by atoms with van der Waals surface area (Å²) >= 11 is 1.63. The van der Waals surface area contributed by atoms with E-state index in [4.69, 9.17) is 9.72 Å². The summed E-state index contributed by atoms with van der Waals surface area (Å²) in [5.74, 6) is 0.949. The van der Waals surface area contributed by atoms with Crippen molar-refractivity contribution < 1.29 is 9.53 Å². The molecule has 2 saturated carbocycles. The van der Waals surface area contributed by atoms with E-state index in [0.29, 0.717) is 6.04 Å². The van der Waals surface area contributed by atoms with Crippen LogP contribution in [0.4, 0.5) is 9.93 Å². The number of nitrogens with one attached hydrogen (secondary N) is 1. The smallest absolute Gasteiger partial charge is 0.324 e. The summed E-state index contributed by atoms with van der Waals surface area (Å²) < 4.78 is 6.81. The van der Waals surface area contributed by atoms with Gasteiger partial charge in [-0.25, -0.2) is 9.78 Å². The van der Waals surface area contributed by atoms with Gasteiger partial charge in [-0.05, 0) is 44.9 Å². The Bertz CT molecular complexity index is 908. The Morgan fingerprint density at radius 1 is 1.31 bits per heavy atom. The van der Waals surface area contributed by atoms with Crippen molar-refractivity contribution >= 4 is 32.7 Å². The fraction of sp³-hybridized carbons (Fsp3) is 0.579. The van der Waals surface area contributed by atoms with Gasteiger partial charge >= 0.3 is 6.03 Å².